The Balaban J connectivity index is 1.71. The molecule has 0 amide bonds. The lowest BCUT2D eigenvalue weighted by atomic mass is 9.82. The molecule has 4 rings (SSSR count). The van der Waals surface area contributed by atoms with Crippen molar-refractivity contribution in [2.45, 2.75) is 19.3 Å². The van der Waals surface area contributed by atoms with E-state index >= 15 is 0 Å². The van der Waals surface area contributed by atoms with Crippen LogP contribution in [-0.4, -0.2) is 30.6 Å². The maximum absolute atomic E-state index is 4.79. The van der Waals surface area contributed by atoms with Crippen LogP contribution in [0.5, 0.6) is 0 Å². The maximum Gasteiger partial charge on any atom is 0.212 e. The van der Waals surface area contributed by atoms with Gasteiger partial charge in [0.2, 0.25) is 11.4 Å². The molecular weight excluding hydrogens is 318 g/mol. The first-order valence-corrected chi connectivity index (χ1v) is 8.96. The fraction of sp³-hybridized carbons (Fsp3) is 0.217. The quantitative estimate of drug-likeness (QED) is 0.373. The van der Waals surface area contributed by atoms with Gasteiger partial charge in [-0.25, -0.2) is 0 Å². The van der Waals surface area contributed by atoms with Crippen molar-refractivity contribution in [3.8, 4) is 0 Å². The molecule has 1 aliphatic heterocycles. The average Bonchev–Trinajstić information content (AvgIpc) is 2.86. The van der Waals surface area contributed by atoms with Crippen molar-refractivity contribution in [3.05, 3.63) is 72.3 Å². The fourth-order valence-corrected chi connectivity index (χ4v) is 3.92. The first-order valence-electron chi connectivity index (χ1n) is 8.96. The van der Waals surface area contributed by atoms with E-state index in [1.807, 2.05) is 18.3 Å². The molecule has 0 fully saturated rings. The molecule has 0 aromatic heterocycles. The van der Waals surface area contributed by atoms with Crippen LogP contribution in [0, 0.1) is 0 Å². The van der Waals surface area contributed by atoms with E-state index in [1.165, 1.54) is 27.7 Å². The summed E-state index contributed by atoms with van der Waals surface area (Å²) in [5.41, 5.74) is 4.85. The van der Waals surface area contributed by atoms with E-state index in [-0.39, 0.29) is 5.41 Å². The van der Waals surface area contributed by atoms with Gasteiger partial charge in [-0.05, 0) is 25.3 Å². The van der Waals surface area contributed by atoms with Gasteiger partial charge in [-0.2, -0.15) is 9.68 Å². The Labute approximate surface area is 154 Å². The minimum Gasteiger partial charge on any atom is -0.268 e. The fourth-order valence-electron chi connectivity index (χ4n) is 3.92. The molecule has 0 N–H and O–H groups in total. The molecule has 0 radical (unpaired) electrons. The summed E-state index contributed by atoms with van der Waals surface area (Å²) in [7, 11) is 4.13. The van der Waals surface area contributed by atoms with E-state index in [9.17, 15) is 0 Å². The van der Waals surface area contributed by atoms with Gasteiger partial charge in [0.05, 0.1) is 11.1 Å². The van der Waals surface area contributed by atoms with Gasteiger partial charge in [0, 0.05) is 24.1 Å². The van der Waals surface area contributed by atoms with Crippen LogP contribution in [0.25, 0.3) is 10.8 Å². The molecule has 3 nitrogen and oxygen atoms in total. The molecule has 0 unspecified atom stereocenters. The summed E-state index contributed by atoms with van der Waals surface area (Å²) >= 11 is 0. The number of nitrogens with zero attached hydrogens (tertiary/aromatic N) is 3. The third-order valence-corrected chi connectivity index (χ3v) is 5.41. The molecule has 0 atom stereocenters. The molecule has 1 aliphatic rings. The van der Waals surface area contributed by atoms with Crippen molar-refractivity contribution in [2.24, 2.45) is 5.10 Å². The number of hydrogen-bond donors (Lipinski definition) is 0. The Bertz CT molecular complexity index is 1040. The van der Waals surface area contributed by atoms with Crippen LogP contribution in [0.1, 0.15) is 19.4 Å². The lowest BCUT2D eigenvalue weighted by molar-refractivity contribution is -0.400. The van der Waals surface area contributed by atoms with Gasteiger partial charge in [-0.15, -0.1) is 0 Å². The topological polar surface area (TPSA) is 18.6 Å². The van der Waals surface area contributed by atoms with Crippen molar-refractivity contribution in [1.82, 2.24) is 0 Å². The first kappa shape index (κ1) is 16.5. The molecule has 0 spiro atoms. The Morgan fingerprint density at radius 2 is 1.62 bits per heavy atom. The minimum absolute atomic E-state index is 0.0611. The Kier molecular flexibility index (Phi) is 3.87. The molecule has 0 bridgehead atoms. The van der Waals surface area contributed by atoms with Gasteiger partial charge in [-0.1, -0.05) is 54.6 Å². The van der Waals surface area contributed by atoms with E-state index < -0.39 is 0 Å². The molecule has 0 saturated carbocycles. The summed E-state index contributed by atoms with van der Waals surface area (Å²) in [5, 5.41) is 9.18. The zero-order valence-electron chi connectivity index (χ0n) is 15.8. The predicted octanol–water partition coefficient (Wildman–Crippen LogP) is 4.97. The van der Waals surface area contributed by atoms with Crippen LogP contribution >= 0.6 is 0 Å². The third-order valence-electron chi connectivity index (χ3n) is 5.41. The second-order valence-electron chi connectivity index (χ2n) is 7.35. The largest absolute Gasteiger partial charge is 0.268 e. The van der Waals surface area contributed by atoms with Crippen molar-refractivity contribution in [2.75, 3.05) is 19.1 Å². The number of hydrazone groups is 1. The average molecular weight is 342 g/mol. The predicted molar refractivity (Wildman–Crippen MR) is 111 cm³/mol. The van der Waals surface area contributed by atoms with Crippen LogP contribution in [0.2, 0.25) is 0 Å². The summed E-state index contributed by atoms with van der Waals surface area (Å²) in [6.07, 6.45) is 2.00. The molecule has 0 aliphatic carbocycles. The van der Waals surface area contributed by atoms with Gasteiger partial charge in [0.25, 0.3) is 0 Å². The lowest BCUT2D eigenvalue weighted by Crippen LogP contribution is -2.30. The van der Waals surface area contributed by atoms with E-state index in [1.54, 1.807) is 0 Å². The molecular formula is C23H24N3+. The number of para-hydroxylation sites is 1. The zero-order chi connectivity index (χ0) is 18.3. The smallest absolute Gasteiger partial charge is 0.212 e. The number of hydrogen-bond acceptors (Lipinski definition) is 2. The highest BCUT2D eigenvalue weighted by Gasteiger charge is 2.43. The van der Waals surface area contributed by atoms with Gasteiger partial charge in [0.15, 0.2) is 0 Å². The molecule has 26 heavy (non-hydrogen) atoms. The molecule has 130 valence electrons. The third kappa shape index (κ3) is 2.51. The van der Waals surface area contributed by atoms with E-state index in [4.69, 9.17) is 5.10 Å². The van der Waals surface area contributed by atoms with Crippen LogP contribution in [0.4, 0.5) is 11.4 Å². The van der Waals surface area contributed by atoms with E-state index in [0.29, 0.717) is 0 Å². The summed E-state index contributed by atoms with van der Waals surface area (Å²) in [6, 6.07) is 23.3. The minimum atomic E-state index is -0.0611. The van der Waals surface area contributed by atoms with Crippen LogP contribution in [0.3, 0.4) is 0 Å². The Morgan fingerprint density at radius 3 is 2.42 bits per heavy atom. The second kappa shape index (κ2) is 6.10. The zero-order valence-corrected chi connectivity index (χ0v) is 15.8. The Morgan fingerprint density at radius 1 is 0.923 bits per heavy atom. The number of fused-ring (bicyclic) bond motifs is 2. The Hall–Kier alpha value is -2.94. The van der Waals surface area contributed by atoms with E-state index in [2.05, 4.69) is 92.2 Å². The highest BCUT2D eigenvalue weighted by atomic mass is 15.4. The van der Waals surface area contributed by atoms with E-state index in [0.717, 1.165) is 5.69 Å². The normalized spacial score (nSPS) is 15.7. The van der Waals surface area contributed by atoms with Crippen molar-refractivity contribution in [1.29, 1.82) is 0 Å². The molecule has 0 saturated heterocycles. The molecule has 3 aromatic carbocycles. The molecule has 3 aromatic rings. The van der Waals surface area contributed by atoms with Gasteiger partial charge >= 0.3 is 0 Å². The SMILES string of the molecule is CN(/N=C/C1=[N+](C)c2ccccc2C1(C)C)c1cccc2ccccc12. The monoisotopic (exact) mass is 342 g/mol. The van der Waals surface area contributed by atoms with Crippen LogP contribution in [0.15, 0.2) is 71.8 Å². The number of benzene rings is 3. The summed E-state index contributed by atoms with van der Waals surface area (Å²) in [5.74, 6) is 0. The lowest BCUT2D eigenvalue weighted by Gasteiger charge is -2.17. The summed E-state index contributed by atoms with van der Waals surface area (Å²) in [4.78, 5) is 0. The number of anilines is 1. The van der Waals surface area contributed by atoms with Gasteiger partial charge in [0.1, 0.15) is 13.3 Å². The van der Waals surface area contributed by atoms with Gasteiger partial charge < -0.3 is 0 Å². The summed E-state index contributed by atoms with van der Waals surface area (Å²) < 4.78 is 2.25. The van der Waals surface area contributed by atoms with Crippen LogP contribution < -0.4 is 5.01 Å². The van der Waals surface area contributed by atoms with Crippen LogP contribution in [-0.2, 0) is 5.41 Å². The second-order valence-corrected chi connectivity index (χ2v) is 7.35. The van der Waals surface area contributed by atoms with Crippen molar-refractivity contribution in [3.63, 3.8) is 0 Å². The standard InChI is InChI=1S/C23H24N3/c1-23(2)19-13-7-8-14-21(19)25(3)22(23)16-24-26(4)20-15-9-11-17-10-5-6-12-18(17)20/h5-16H,1-4H3/q+1. The first-order chi connectivity index (χ1) is 12.5. The highest BCUT2D eigenvalue weighted by Crippen LogP contribution is 2.38. The summed E-state index contributed by atoms with van der Waals surface area (Å²) in [6.45, 7) is 4.52. The molecule has 1 heterocycles. The maximum atomic E-state index is 4.79. The van der Waals surface area contributed by atoms with Gasteiger partial charge in [-0.3, -0.25) is 5.01 Å². The number of rotatable bonds is 3. The van der Waals surface area contributed by atoms with Crippen molar-refractivity contribution >= 4 is 34.1 Å². The highest BCUT2D eigenvalue weighted by molar-refractivity contribution is 6.33. The molecule has 3 heteroatoms. The van der Waals surface area contributed by atoms with Crippen molar-refractivity contribution < 1.29 is 4.58 Å².